The van der Waals surface area contributed by atoms with Gasteiger partial charge >= 0.3 is 0 Å². The summed E-state index contributed by atoms with van der Waals surface area (Å²) in [5.41, 5.74) is 1.21. The predicted molar refractivity (Wildman–Crippen MR) is 80.3 cm³/mol. The number of amides is 1. The van der Waals surface area contributed by atoms with Crippen LogP contribution in [-0.2, 0) is 9.53 Å². The largest absolute Gasteiger partial charge is 0.490 e. The summed E-state index contributed by atoms with van der Waals surface area (Å²) < 4.78 is 11.3. The summed E-state index contributed by atoms with van der Waals surface area (Å²) in [6.07, 6.45) is 2.91. The van der Waals surface area contributed by atoms with Crippen molar-refractivity contribution in [2.24, 2.45) is 5.92 Å². The highest BCUT2D eigenvalue weighted by Gasteiger charge is 2.31. The molecule has 0 radical (unpaired) electrons. The Morgan fingerprint density at radius 1 is 1.29 bits per heavy atom. The van der Waals surface area contributed by atoms with Crippen LogP contribution in [0, 0.1) is 12.8 Å². The van der Waals surface area contributed by atoms with Crippen LogP contribution in [0.15, 0.2) is 24.3 Å². The lowest BCUT2D eigenvalue weighted by molar-refractivity contribution is -0.137. The van der Waals surface area contributed by atoms with E-state index in [2.05, 4.69) is 19.1 Å². The van der Waals surface area contributed by atoms with Crippen LogP contribution in [0.4, 0.5) is 0 Å². The topological polar surface area (TPSA) is 38.8 Å². The molecule has 0 unspecified atom stereocenters. The van der Waals surface area contributed by atoms with E-state index in [4.69, 9.17) is 9.47 Å². The smallest absolute Gasteiger partial charge is 0.228 e. The minimum absolute atomic E-state index is 0.0826. The van der Waals surface area contributed by atoms with E-state index in [9.17, 15) is 4.79 Å². The average molecular weight is 289 g/mol. The quantitative estimate of drug-likeness (QED) is 0.857. The molecule has 0 aromatic heterocycles. The zero-order valence-electron chi connectivity index (χ0n) is 12.6. The first kappa shape index (κ1) is 14.4. The Morgan fingerprint density at radius 2 is 2.10 bits per heavy atom. The van der Waals surface area contributed by atoms with E-state index >= 15 is 0 Å². The summed E-state index contributed by atoms with van der Waals surface area (Å²) in [6, 6.07) is 8.15. The van der Waals surface area contributed by atoms with Gasteiger partial charge in [0.25, 0.3) is 0 Å². The summed E-state index contributed by atoms with van der Waals surface area (Å²) in [7, 11) is 0. The molecule has 1 amide bonds. The van der Waals surface area contributed by atoms with Crippen LogP contribution >= 0.6 is 0 Å². The molecule has 2 heterocycles. The van der Waals surface area contributed by atoms with Gasteiger partial charge in [-0.25, -0.2) is 0 Å². The third kappa shape index (κ3) is 3.56. The van der Waals surface area contributed by atoms with Crippen molar-refractivity contribution >= 4 is 5.91 Å². The summed E-state index contributed by atoms with van der Waals surface area (Å²) >= 11 is 0. The average Bonchev–Trinajstić information content (AvgIpc) is 3.01. The zero-order valence-corrected chi connectivity index (χ0v) is 12.6. The summed E-state index contributed by atoms with van der Waals surface area (Å²) in [5, 5.41) is 0. The Bertz CT molecular complexity index is 489. The first-order valence-electron chi connectivity index (χ1n) is 7.82. The number of rotatable bonds is 3. The van der Waals surface area contributed by atoms with E-state index < -0.39 is 0 Å². The molecule has 21 heavy (non-hydrogen) atoms. The number of ether oxygens (including phenoxy) is 2. The number of likely N-dealkylation sites (tertiary alicyclic amines) is 1. The van der Waals surface area contributed by atoms with Gasteiger partial charge in [-0.2, -0.15) is 0 Å². The number of aryl methyl sites for hydroxylation is 1. The number of hydrogen-bond acceptors (Lipinski definition) is 3. The third-order valence-electron chi connectivity index (χ3n) is 4.32. The van der Waals surface area contributed by atoms with E-state index in [1.807, 2.05) is 17.0 Å². The van der Waals surface area contributed by atoms with Crippen LogP contribution in [-0.4, -0.2) is 43.2 Å². The highest BCUT2D eigenvalue weighted by Crippen LogP contribution is 2.22. The van der Waals surface area contributed by atoms with Gasteiger partial charge in [-0.1, -0.05) is 12.1 Å². The van der Waals surface area contributed by atoms with Gasteiger partial charge in [0.2, 0.25) is 5.91 Å². The van der Waals surface area contributed by atoms with Crippen molar-refractivity contribution in [3.63, 3.8) is 0 Å². The van der Waals surface area contributed by atoms with Gasteiger partial charge in [0.15, 0.2) is 0 Å². The molecular weight excluding hydrogens is 266 g/mol. The van der Waals surface area contributed by atoms with Crippen molar-refractivity contribution < 1.29 is 14.3 Å². The molecule has 0 N–H and O–H groups in total. The maximum atomic E-state index is 12.3. The van der Waals surface area contributed by atoms with Gasteiger partial charge in [-0.05, 0) is 31.0 Å². The molecule has 2 saturated heterocycles. The Hall–Kier alpha value is -1.55. The SMILES string of the molecule is Cc1cccc(OC2CCN(C(=O)[C@H]3CCOC3)CC2)c1. The van der Waals surface area contributed by atoms with E-state index in [0.29, 0.717) is 6.61 Å². The third-order valence-corrected chi connectivity index (χ3v) is 4.32. The van der Waals surface area contributed by atoms with Crippen LogP contribution in [0.5, 0.6) is 5.75 Å². The second kappa shape index (κ2) is 6.48. The van der Waals surface area contributed by atoms with Crippen LogP contribution in [0.2, 0.25) is 0 Å². The summed E-state index contributed by atoms with van der Waals surface area (Å²) in [6.45, 7) is 4.98. The van der Waals surface area contributed by atoms with Gasteiger partial charge in [0.05, 0.1) is 12.5 Å². The molecule has 0 saturated carbocycles. The van der Waals surface area contributed by atoms with E-state index in [1.165, 1.54) is 5.56 Å². The minimum atomic E-state index is 0.0826. The highest BCUT2D eigenvalue weighted by molar-refractivity contribution is 5.79. The molecule has 3 rings (SSSR count). The Balaban J connectivity index is 1.49. The fourth-order valence-corrected chi connectivity index (χ4v) is 3.06. The molecule has 2 fully saturated rings. The summed E-state index contributed by atoms with van der Waals surface area (Å²) in [4.78, 5) is 14.3. The first-order valence-corrected chi connectivity index (χ1v) is 7.82. The molecule has 4 nitrogen and oxygen atoms in total. The van der Waals surface area contributed by atoms with E-state index in [0.717, 1.165) is 44.7 Å². The summed E-state index contributed by atoms with van der Waals surface area (Å²) in [5.74, 6) is 1.28. The molecule has 2 aliphatic heterocycles. The van der Waals surface area contributed by atoms with Crippen LogP contribution in [0.1, 0.15) is 24.8 Å². The Kier molecular flexibility index (Phi) is 4.44. The molecule has 0 aliphatic carbocycles. The Morgan fingerprint density at radius 3 is 2.76 bits per heavy atom. The maximum Gasteiger partial charge on any atom is 0.228 e. The van der Waals surface area contributed by atoms with Crippen LogP contribution < -0.4 is 4.74 Å². The van der Waals surface area contributed by atoms with Gasteiger partial charge in [0.1, 0.15) is 11.9 Å². The monoisotopic (exact) mass is 289 g/mol. The molecule has 1 aromatic rings. The fourth-order valence-electron chi connectivity index (χ4n) is 3.06. The van der Waals surface area contributed by atoms with Gasteiger partial charge in [-0.3, -0.25) is 4.79 Å². The van der Waals surface area contributed by atoms with Crippen molar-refractivity contribution in [3.05, 3.63) is 29.8 Å². The number of nitrogens with zero attached hydrogens (tertiary/aromatic N) is 1. The molecule has 1 atom stereocenters. The number of carbonyl (C=O) groups is 1. The molecule has 0 bridgehead atoms. The lowest BCUT2D eigenvalue weighted by Crippen LogP contribution is -2.44. The molecule has 2 aliphatic rings. The number of benzene rings is 1. The second-order valence-corrected chi connectivity index (χ2v) is 6.02. The van der Waals surface area contributed by atoms with E-state index in [1.54, 1.807) is 0 Å². The number of piperidine rings is 1. The van der Waals surface area contributed by atoms with Gasteiger partial charge in [0, 0.05) is 32.5 Å². The molecular formula is C17H23NO3. The lowest BCUT2D eigenvalue weighted by atomic mass is 10.0. The van der Waals surface area contributed by atoms with Crippen molar-refractivity contribution in [2.45, 2.75) is 32.3 Å². The van der Waals surface area contributed by atoms with Crippen molar-refractivity contribution in [3.8, 4) is 5.75 Å². The normalized spacial score (nSPS) is 23.3. The van der Waals surface area contributed by atoms with Crippen molar-refractivity contribution in [1.29, 1.82) is 0 Å². The first-order chi connectivity index (χ1) is 10.2. The Labute approximate surface area is 126 Å². The minimum Gasteiger partial charge on any atom is -0.490 e. The standard InChI is InChI=1S/C17H23NO3/c1-13-3-2-4-16(11-13)21-15-5-8-18(9-6-15)17(19)14-7-10-20-12-14/h2-4,11,14-15H,5-10,12H2,1H3/t14-/m0/s1. The highest BCUT2D eigenvalue weighted by atomic mass is 16.5. The van der Waals surface area contributed by atoms with Gasteiger partial charge in [-0.15, -0.1) is 0 Å². The van der Waals surface area contributed by atoms with Crippen LogP contribution in [0.25, 0.3) is 0 Å². The lowest BCUT2D eigenvalue weighted by Gasteiger charge is -2.33. The zero-order chi connectivity index (χ0) is 14.7. The number of hydrogen-bond donors (Lipinski definition) is 0. The fraction of sp³-hybridized carbons (Fsp3) is 0.588. The van der Waals surface area contributed by atoms with Crippen LogP contribution in [0.3, 0.4) is 0 Å². The van der Waals surface area contributed by atoms with Gasteiger partial charge < -0.3 is 14.4 Å². The van der Waals surface area contributed by atoms with Crippen molar-refractivity contribution in [1.82, 2.24) is 4.90 Å². The van der Waals surface area contributed by atoms with Crippen molar-refractivity contribution in [2.75, 3.05) is 26.3 Å². The second-order valence-electron chi connectivity index (χ2n) is 6.02. The molecule has 4 heteroatoms. The molecule has 1 aromatic carbocycles. The molecule has 114 valence electrons. The maximum absolute atomic E-state index is 12.3. The molecule has 0 spiro atoms. The predicted octanol–water partition coefficient (Wildman–Crippen LogP) is 2.40. The van der Waals surface area contributed by atoms with E-state index in [-0.39, 0.29) is 17.9 Å². The number of carbonyl (C=O) groups excluding carboxylic acids is 1.